The van der Waals surface area contributed by atoms with E-state index in [1.165, 1.54) is 11.8 Å². The van der Waals surface area contributed by atoms with E-state index in [4.69, 9.17) is 16.1 Å². The van der Waals surface area contributed by atoms with Crippen molar-refractivity contribution in [1.82, 2.24) is 25.4 Å². The second-order valence-corrected chi connectivity index (χ2v) is 7.12. The van der Waals surface area contributed by atoms with Gasteiger partial charge in [-0.2, -0.15) is 4.68 Å². The molecule has 24 heavy (non-hydrogen) atoms. The summed E-state index contributed by atoms with van der Waals surface area (Å²) >= 11 is 9.02. The Bertz CT molecular complexity index is 933. The van der Waals surface area contributed by atoms with Gasteiger partial charge in [0.2, 0.25) is 5.16 Å². The minimum atomic E-state index is 0.614. The molecule has 0 aliphatic heterocycles. The molecule has 0 N–H and O–H groups in total. The zero-order valence-corrected chi connectivity index (χ0v) is 14.6. The molecular formula is C15H10ClN5OS2. The van der Waals surface area contributed by atoms with Gasteiger partial charge in [-0.1, -0.05) is 34.6 Å². The summed E-state index contributed by atoms with van der Waals surface area (Å²) < 4.78 is 7.05. The van der Waals surface area contributed by atoms with Crippen molar-refractivity contribution in [3.8, 4) is 16.3 Å². The fourth-order valence-corrected chi connectivity index (χ4v) is 3.64. The predicted molar refractivity (Wildman–Crippen MR) is 93.5 cm³/mol. The van der Waals surface area contributed by atoms with Crippen LogP contribution < -0.4 is 0 Å². The van der Waals surface area contributed by atoms with Crippen LogP contribution in [0.15, 0.2) is 57.5 Å². The summed E-state index contributed by atoms with van der Waals surface area (Å²) in [6.07, 6.45) is 0. The van der Waals surface area contributed by atoms with E-state index >= 15 is 0 Å². The van der Waals surface area contributed by atoms with Gasteiger partial charge in [-0.25, -0.2) is 0 Å². The van der Waals surface area contributed by atoms with Crippen LogP contribution >= 0.6 is 34.7 Å². The number of nitrogens with zero attached hydrogens (tertiary/aromatic N) is 5. The Morgan fingerprint density at radius 3 is 2.88 bits per heavy atom. The number of aromatic nitrogens is 5. The predicted octanol–water partition coefficient (Wildman–Crippen LogP) is 4.32. The SMILES string of the molecule is Clc1ccc(-n2nnnc2SCc2cc(-c3cccs3)on2)cc1. The zero-order valence-electron chi connectivity index (χ0n) is 12.2. The lowest BCUT2D eigenvalue weighted by Gasteiger charge is -2.03. The molecule has 4 aromatic rings. The highest BCUT2D eigenvalue weighted by atomic mass is 35.5. The number of benzene rings is 1. The molecule has 0 saturated carbocycles. The quantitative estimate of drug-likeness (QED) is 0.484. The van der Waals surface area contributed by atoms with E-state index in [9.17, 15) is 0 Å². The van der Waals surface area contributed by atoms with Crippen molar-refractivity contribution in [2.75, 3.05) is 0 Å². The highest BCUT2D eigenvalue weighted by Crippen LogP contribution is 2.28. The van der Waals surface area contributed by atoms with Gasteiger partial charge >= 0.3 is 0 Å². The topological polar surface area (TPSA) is 69.6 Å². The lowest BCUT2D eigenvalue weighted by molar-refractivity contribution is 0.427. The van der Waals surface area contributed by atoms with E-state index in [0.29, 0.717) is 15.9 Å². The first-order chi connectivity index (χ1) is 11.8. The normalized spacial score (nSPS) is 11.0. The third kappa shape index (κ3) is 3.21. The van der Waals surface area contributed by atoms with E-state index in [0.717, 1.165) is 22.0 Å². The molecular weight excluding hydrogens is 366 g/mol. The number of rotatable bonds is 5. The van der Waals surface area contributed by atoms with Crippen LogP contribution in [0.4, 0.5) is 0 Å². The Hall–Kier alpha value is -2.16. The smallest absolute Gasteiger partial charge is 0.214 e. The molecule has 6 nitrogen and oxygen atoms in total. The zero-order chi connectivity index (χ0) is 16.4. The number of hydrogen-bond acceptors (Lipinski definition) is 7. The second kappa shape index (κ2) is 6.76. The van der Waals surface area contributed by atoms with Gasteiger partial charge in [0.25, 0.3) is 0 Å². The molecule has 0 amide bonds. The lowest BCUT2D eigenvalue weighted by atomic mass is 10.3. The Labute approximate surface area is 150 Å². The van der Waals surface area contributed by atoms with Crippen LogP contribution in [0.5, 0.6) is 0 Å². The van der Waals surface area contributed by atoms with Gasteiger partial charge in [0, 0.05) is 16.8 Å². The highest BCUT2D eigenvalue weighted by molar-refractivity contribution is 7.98. The van der Waals surface area contributed by atoms with Crippen molar-refractivity contribution in [2.45, 2.75) is 10.9 Å². The molecule has 9 heteroatoms. The fourth-order valence-electron chi connectivity index (χ4n) is 2.07. The van der Waals surface area contributed by atoms with E-state index in [1.807, 2.05) is 35.7 Å². The molecule has 0 bridgehead atoms. The Balaban J connectivity index is 1.49. The van der Waals surface area contributed by atoms with Crippen LogP contribution in [0, 0.1) is 0 Å². The maximum atomic E-state index is 5.91. The average Bonchev–Trinajstić information content (AvgIpc) is 3.34. The summed E-state index contributed by atoms with van der Waals surface area (Å²) in [6.45, 7) is 0. The maximum absolute atomic E-state index is 5.91. The van der Waals surface area contributed by atoms with Gasteiger partial charge in [0.1, 0.15) is 0 Å². The summed E-state index contributed by atoms with van der Waals surface area (Å²) in [4.78, 5) is 1.06. The minimum Gasteiger partial charge on any atom is -0.355 e. The largest absolute Gasteiger partial charge is 0.355 e. The molecule has 1 aromatic carbocycles. The van der Waals surface area contributed by atoms with Gasteiger partial charge in [-0.15, -0.1) is 16.4 Å². The fraction of sp³-hybridized carbons (Fsp3) is 0.0667. The van der Waals surface area contributed by atoms with E-state index in [1.54, 1.807) is 28.2 Å². The van der Waals surface area contributed by atoms with Crippen LogP contribution in [0.1, 0.15) is 5.69 Å². The third-order valence-corrected chi connectivity index (χ3v) is 5.27. The highest BCUT2D eigenvalue weighted by Gasteiger charge is 2.12. The van der Waals surface area contributed by atoms with Crippen molar-refractivity contribution in [3.05, 3.63) is 58.6 Å². The Morgan fingerprint density at radius 2 is 2.08 bits per heavy atom. The average molecular weight is 376 g/mol. The summed E-state index contributed by atoms with van der Waals surface area (Å²) in [5.74, 6) is 1.39. The first-order valence-electron chi connectivity index (χ1n) is 6.96. The third-order valence-electron chi connectivity index (χ3n) is 3.18. The molecule has 0 unspecified atom stereocenters. The molecule has 0 atom stereocenters. The van der Waals surface area contributed by atoms with Crippen LogP contribution in [0.2, 0.25) is 5.02 Å². The van der Waals surface area contributed by atoms with Crippen molar-refractivity contribution in [2.24, 2.45) is 0 Å². The monoisotopic (exact) mass is 375 g/mol. The van der Waals surface area contributed by atoms with Gasteiger partial charge in [-0.3, -0.25) is 0 Å². The molecule has 0 radical (unpaired) electrons. The first-order valence-corrected chi connectivity index (χ1v) is 9.20. The van der Waals surface area contributed by atoms with Gasteiger partial charge < -0.3 is 4.52 Å². The molecule has 3 aromatic heterocycles. The first kappa shape index (κ1) is 15.4. The van der Waals surface area contributed by atoms with Crippen molar-refractivity contribution in [3.63, 3.8) is 0 Å². The van der Waals surface area contributed by atoms with Gasteiger partial charge in [0.15, 0.2) is 5.76 Å². The molecule has 3 heterocycles. The Kier molecular flexibility index (Phi) is 4.33. The Morgan fingerprint density at radius 1 is 1.21 bits per heavy atom. The van der Waals surface area contributed by atoms with Crippen LogP contribution in [0.25, 0.3) is 16.3 Å². The number of tetrazole rings is 1. The molecule has 4 rings (SSSR count). The van der Waals surface area contributed by atoms with Gasteiger partial charge in [0.05, 0.1) is 16.3 Å². The molecule has 0 fully saturated rings. The number of thioether (sulfide) groups is 1. The number of thiophene rings is 1. The van der Waals surface area contributed by atoms with Gasteiger partial charge in [-0.05, 0) is 46.1 Å². The van der Waals surface area contributed by atoms with Crippen LogP contribution in [-0.2, 0) is 5.75 Å². The number of halogens is 1. The van der Waals surface area contributed by atoms with Crippen molar-refractivity contribution in [1.29, 1.82) is 0 Å². The van der Waals surface area contributed by atoms with Crippen LogP contribution in [0.3, 0.4) is 0 Å². The van der Waals surface area contributed by atoms with Crippen molar-refractivity contribution >= 4 is 34.7 Å². The summed E-state index contributed by atoms with van der Waals surface area (Å²) in [5.41, 5.74) is 1.69. The maximum Gasteiger partial charge on any atom is 0.214 e. The summed E-state index contributed by atoms with van der Waals surface area (Å²) in [6, 6.07) is 13.3. The molecule has 0 aliphatic carbocycles. The van der Waals surface area contributed by atoms with Crippen LogP contribution in [-0.4, -0.2) is 25.4 Å². The summed E-state index contributed by atoms with van der Waals surface area (Å²) in [7, 11) is 0. The minimum absolute atomic E-state index is 0.614. The van der Waals surface area contributed by atoms with Crippen molar-refractivity contribution < 1.29 is 4.52 Å². The lowest BCUT2D eigenvalue weighted by Crippen LogP contribution is -1.98. The standard InChI is InChI=1S/C15H10ClN5OS2/c16-10-3-5-12(6-4-10)21-15(17-19-20-21)24-9-11-8-13(22-18-11)14-2-1-7-23-14/h1-8H,9H2. The van der Waals surface area contributed by atoms with E-state index in [2.05, 4.69) is 20.7 Å². The van der Waals surface area contributed by atoms with E-state index < -0.39 is 0 Å². The molecule has 120 valence electrons. The molecule has 0 spiro atoms. The second-order valence-electron chi connectivity index (χ2n) is 4.80. The van der Waals surface area contributed by atoms with E-state index in [-0.39, 0.29) is 0 Å². The molecule has 0 aliphatic rings. The molecule has 0 saturated heterocycles. The number of hydrogen-bond donors (Lipinski definition) is 0. The summed E-state index contributed by atoms with van der Waals surface area (Å²) in [5, 5.41) is 19.3.